The summed E-state index contributed by atoms with van der Waals surface area (Å²) in [6.07, 6.45) is 1.67. The molecule has 0 atom stereocenters. The van der Waals surface area contributed by atoms with E-state index >= 15 is 0 Å². The maximum atomic E-state index is 12.1. The molecule has 0 aromatic carbocycles. The van der Waals surface area contributed by atoms with Crippen LogP contribution in [-0.2, 0) is 6.54 Å². The van der Waals surface area contributed by atoms with E-state index in [4.69, 9.17) is 4.74 Å². The van der Waals surface area contributed by atoms with Gasteiger partial charge in [0, 0.05) is 24.0 Å². The standard InChI is InChI=1S/C17H22N4O2/c1-5-23-16-14(7-6-8-18-16)10-19-17(22)21-15-11(2)9-12(3)20-13(15)4/h6-9H,5,10H2,1-4H3,(H2,19,21,22). The fourth-order valence-electron chi connectivity index (χ4n) is 2.37. The molecule has 0 unspecified atom stereocenters. The molecule has 0 aliphatic carbocycles. The number of nitrogens with one attached hydrogen (secondary N) is 2. The Kier molecular flexibility index (Phi) is 5.51. The number of ether oxygens (including phenoxy) is 1. The molecule has 0 saturated heterocycles. The van der Waals surface area contributed by atoms with Gasteiger partial charge in [-0.3, -0.25) is 4.98 Å². The van der Waals surface area contributed by atoms with Crippen LogP contribution in [0.1, 0.15) is 29.4 Å². The maximum absolute atomic E-state index is 12.1. The van der Waals surface area contributed by atoms with E-state index in [-0.39, 0.29) is 6.03 Å². The molecule has 2 N–H and O–H groups in total. The Morgan fingerprint density at radius 2 is 2.09 bits per heavy atom. The van der Waals surface area contributed by atoms with Crippen molar-refractivity contribution in [3.63, 3.8) is 0 Å². The van der Waals surface area contributed by atoms with Crippen molar-refractivity contribution in [1.29, 1.82) is 0 Å². The molecule has 2 heterocycles. The first kappa shape index (κ1) is 16.7. The molecule has 2 aromatic heterocycles. The van der Waals surface area contributed by atoms with E-state index in [1.807, 2.05) is 45.9 Å². The first-order chi connectivity index (χ1) is 11.0. The molecule has 2 aromatic rings. The number of aryl methyl sites for hydroxylation is 3. The SMILES string of the molecule is CCOc1ncccc1CNC(=O)Nc1c(C)cc(C)nc1C. The molecular weight excluding hydrogens is 292 g/mol. The number of amides is 2. The van der Waals surface area contributed by atoms with Crippen LogP contribution in [0.3, 0.4) is 0 Å². The summed E-state index contributed by atoms with van der Waals surface area (Å²) in [7, 11) is 0. The van der Waals surface area contributed by atoms with Gasteiger partial charge >= 0.3 is 6.03 Å². The smallest absolute Gasteiger partial charge is 0.319 e. The van der Waals surface area contributed by atoms with E-state index < -0.39 is 0 Å². The monoisotopic (exact) mass is 314 g/mol. The number of aromatic nitrogens is 2. The van der Waals surface area contributed by atoms with Gasteiger partial charge in [-0.1, -0.05) is 6.07 Å². The molecule has 122 valence electrons. The molecule has 0 aliphatic rings. The molecular formula is C17H22N4O2. The lowest BCUT2D eigenvalue weighted by Crippen LogP contribution is -2.29. The minimum absolute atomic E-state index is 0.284. The molecule has 23 heavy (non-hydrogen) atoms. The summed E-state index contributed by atoms with van der Waals surface area (Å²) in [5.41, 5.74) is 4.29. The third-order valence-electron chi connectivity index (χ3n) is 3.33. The molecule has 0 saturated carbocycles. The van der Waals surface area contributed by atoms with Gasteiger partial charge in [0.1, 0.15) is 0 Å². The zero-order chi connectivity index (χ0) is 16.8. The number of nitrogens with zero attached hydrogens (tertiary/aromatic N) is 2. The lowest BCUT2D eigenvalue weighted by Gasteiger charge is -2.13. The van der Waals surface area contributed by atoms with Crippen molar-refractivity contribution in [2.45, 2.75) is 34.2 Å². The predicted molar refractivity (Wildman–Crippen MR) is 89.7 cm³/mol. The van der Waals surface area contributed by atoms with Gasteiger partial charge in [-0.05, 0) is 45.4 Å². The number of rotatable bonds is 5. The topological polar surface area (TPSA) is 76.1 Å². The van der Waals surface area contributed by atoms with Crippen molar-refractivity contribution in [2.24, 2.45) is 0 Å². The van der Waals surface area contributed by atoms with Gasteiger partial charge in [0.05, 0.1) is 18.0 Å². The predicted octanol–water partition coefficient (Wildman–Crippen LogP) is 3.12. The van der Waals surface area contributed by atoms with E-state index in [0.717, 1.165) is 28.2 Å². The van der Waals surface area contributed by atoms with Crippen LogP contribution in [0, 0.1) is 20.8 Å². The molecule has 0 fully saturated rings. The Morgan fingerprint density at radius 1 is 1.30 bits per heavy atom. The summed E-state index contributed by atoms with van der Waals surface area (Å²) in [5, 5.41) is 5.67. The number of urea groups is 1. The van der Waals surface area contributed by atoms with Gasteiger partial charge in [-0.2, -0.15) is 0 Å². The summed E-state index contributed by atoms with van der Waals surface area (Å²) in [4.78, 5) is 20.7. The molecule has 0 spiro atoms. The highest BCUT2D eigenvalue weighted by atomic mass is 16.5. The first-order valence-electron chi connectivity index (χ1n) is 7.57. The fraction of sp³-hybridized carbons (Fsp3) is 0.353. The van der Waals surface area contributed by atoms with Gasteiger partial charge < -0.3 is 15.4 Å². The van der Waals surface area contributed by atoms with Crippen LogP contribution < -0.4 is 15.4 Å². The Hall–Kier alpha value is -2.63. The van der Waals surface area contributed by atoms with Crippen LogP contribution in [0.4, 0.5) is 10.5 Å². The van der Waals surface area contributed by atoms with E-state index in [9.17, 15) is 4.79 Å². The molecule has 0 radical (unpaired) electrons. The van der Waals surface area contributed by atoms with Crippen molar-refractivity contribution in [3.8, 4) is 5.88 Å². The van der Waals surface area contributed by atoms with Gasteiger partial charge in [0.25, 0.3) is 0 Å². The van der Waals surface area contributed by atoms with Gasteiger partial charge in [0.2, 0.25) is 5.88 Å². The lowest BCUT2D eigenvalue weighted by molar-refractivity contribution is 0.251. The first-order valence-corrected chi connectivity index (χ1v) is 7.57. The van der Waals surface area contributed by atoms with Crippen LogP contribution in [0.25, 0.3) is 0 Å². The summed E-state index contributed by atoms with van der Waals surface area (Å²) in [5.74, 6) is 0.541. The average molecular weight is 314 g/mol. The Bertz CT molecular complexity index is 678. The van der Waals surface area contributed by atoms with Crippen LogP contribution in [-0.4, -0.2) is 22.6 Å². The van der Waals surface area contributed by atoms with E-state index in [1.54, 1.807) is 6.20 Å². The number of carbonyl (C=O) groups excluding carboxylic acids is 1. The highest BCUT2D eigenvalue weighted by Crippen LogP contribution is 2.19. The molecule has 2 rings (SSSR count). The van der Waals surface area contributed by atoms with Crippen molar-refractivity contribution in [2.75, 3.05) is 11.9 Å². The zero-order valence-corrected chi connectivity index (χ0v) is 13.9. The summed E-state index contributed by atoms with van der Waals surface area (Å²) in [6, 6.07) is 5.35. The molecule has 6 nitrogen and oxygen atoms in total. The van der Waals surface area contributed by atoms with Crippen LogP contribution >= 0.6 is 0 Å². The Labute approximate surface area is 136 Å². The fourth-order valence-corrected chi connectivity index (χ4v) is 2.37. The molecule has 6 heteroatoms. The largest absolute Gasteiger partial charge is 0.478 e. The van der Waals surface area contributed by atoms with Crippen molar-refractivity contribution < 1.29 is 9.53 Å². The van der Waals surface area contributed by atoms with Crippen LogP contribution in [0.2, 0.25) is 0 Å². The number of hydrogen-bond acceptors (Lipinski definition) is 4. The van der Waals surface area contributed by atoms with Gasteiger partial charge in [-0.15, -0.1) is 0 Å². The third kappa shape index (κ3) is 4.42. The van der Waals surface area contributed by atoms with Crippen molar-refractivity contribution in [3.05, 3.63) is 46.9 Å². The number of pyridine rings is 2. The lowest BCUT2D eigenvalue weighted by atomic mass is 10.1. The summed E-state index contributed by atoms with van der Waals surface area (Å²) in [6.45, 7) is 8.53. The highest BCUT2D eigenvalue weighted by molar-refractivity contribution is 5.90. The number of hydrogen-bond donors (Lipinski definition) is 2. The van der Waals surface area contributed by atoms with Gasteiger partial charge in [0.15, 0.2) is 0 Å². The Morgan fingerprint density at radius 3 is 2.78 bits per heavy atom. The zero-order valence-electron chi connectivity index (χ0n) is 13.9. The summed E-state index contributed by atoms with van der Waals surface area (Å²) >= 11 is 0. The third-order valence-corrected chi connectivity index (χ3v) is 3.33. The van der Waals surface area contributed by atoms with E-state index in [1.165, 1.54) is 0 Å². The second-order valence-electron chi connectivity index (χ2n) is 5.25. The van der Waals surface area contributed by atoms with Crippen molar-refractivity contribution >= 4 is 11.7 Å². The normalized spacial score (nSPS) is 10.3. The maximum Gasteiger partial charge on any atom is 0.319 e. The second kappa shape index (κ2) is 7.58. The van der Waals surface area contributed by atoms with Crippen LogP contribution in [0.5, 0.6) is 5.88 Å². The second-order valence-corrected chi connectivity index (χ2v) is 5.25. The van der Waals surface area contributed by atoms with Crippen LogP contribution in [0.15, 0.2) is 24.4 Å². The van der Waals surface area contributed by atoms with E-state index in [2.05, 4.69) is 20.6 Å². The molecule has 0 aliphatic heterocycles. The van der Waals surface area contributed by atoms with Gasteiger partial charge in [-0.25, -0.2) is 9.78 Å². The minimum atomic E-state index is -0.284. The molecule has 2 amide bonds. The highest BCUT2D eigenvalue weighted by Gasteiger charge is 2.10. The number of carbonyl (C=O) groups is 1. The van der Waals surface area contributed by atoms with E-state index in [0.29, 0.717) is 19.0 Å². The number of anilines is 1. The Balaban J connectivity index is 2.01. The quantitative estimate of drug-likeness (QED) is 0.889. The van der Waals surface area contributed by atoms with Crippen molar-refractivity contribution in [1.82, 2.24) is 15.3 Å². The average Bonchev–Trinajstić information content (AvgIpc) is 2.50. The molecule has 0 bridgehead atoms. The summed E-state index contributed by atoms with van der Waals surface area (Å²) < 4.78 is 5.45. The minimum Gasteiger partial charge on any atom is -0.478 e.